The van der Waals surface area contributed by atoms with Gasteiger partial charge < -0.3 is 20.9 Å². The lowest BCUT2D eigenvalue weighted by Crippen LogP contribution is -2.36. The van der Waals surface area contributed by atoms with Gasteiger partial charge in [-0.2, -0.15) is 13.2 Å². The molecular weight excluding hydrogens is 437 g/mol. The number of amides is 1. The van der Waals surface area contributed by atoms with Crippen molar-refractivity contribution in [3.63, 3.8) is 0 Å². The molecule has 1 amide bonds. The number of aryl methyl sites for hydroxylation is 1. The molecule has 0 radical (unpaired) electrons. The first-order valence-electron chi connectivity index (χ1n) is 10.2. The number of fused-ring (bicyclic) bond motifs is 1. The van der Waals surface area contributed by atoms with Gasteiger partial charge in [0.15, 0.2) is 0 Å². The summed E-state index contributed by atoms with van der Waals surface area (Å²) in [5, 5.41) is 13.2. The molecule has 176 valence electrons. The molecule has 0 saturated heterocycles. The number of benzene rings is 1. The van der Waals surface area contributed by atoms with Crippen molar-refractivity contribution in [1.29, 1.82) is 0 Å². The average molecular weight is 462 g/mol. The molecule has 1 atom stereocenters. The summed E-state index contributed by atoms with van der Waals surface area (Å²) in [6, 6.07) is 8.63. The lowest BCUT2D eigenvalue weighted by molar-refractivity contribution is -0.137. The number of hydrogen-bond acceptors (Lipinski definition) is 6. The zero-order chi connectivity index (χ0) is 24.4. The van der Waals surface area contributed by atoms with Crippen molar-refractivity contribution in [2.24, 2.45) is 5.73 Å². The zero-order valence-electron chi connectivity index (χ0n) is 18.4. The van der Waals surface area contributed by atoms with E-state index < -0.39 is 23.4 Å². The molecule has 0 saturated carbocycles. The minimum atomic E-state index is -4.42. The summed E-state index contributed by atoms with van der Waals surface area (Å²) in [5.74, 6) is -0.130. The van der Waals surface area contributed by atoms with Crippen LogP contribution in [0.4, 0.5) is 13.2 Å². The summed E-state index contributed by atoms with van der Waals surface area (Å²) < 4.78 is 44.0. The zero-order valence-corrected chi connectivity index (χ0v) is 18.4. The van der Waals surface area contributed by atoms with Crippen molar-refractivity contribution in [3.8, 4) is 5.88 Å². The molecule has 2 heterocycles. The third-order valence-corrected chi connectivity index (χ3v) is 4.94. The van der Waals surface area contributed by atoms with Crippen LogP contribution in [0.5, 0.6) is 5.88 Å². The van der Waals surface area contributed by atoms with E-state index in [1.54, 1.807) is 26.8 Å². The molecule has 3 rings (SSSR count). The summed E-state index contributed by atoms with van der Waals surface area (Å²) >= 11 is 0. The summed E-state index contributed by atoms with van der Waals surface area (Å²) in [5.41, 5.74) is 5.79. The fourth-order valence-corrected chi connectivity index (χ4v) is 3.13. The Kier molecular flexibility index (Phi) is 6.89. The van der Waals surface area contributed by atoms with Gasteiger partial charge in [-0.15, -0.1) is 0 Å². The minimum Gasteiger partial charge on any atom is -0.476 e. The summed E-state index contributed by atoms with van der Waals surface area (Å²) in [6.45, 7) is 5.12. The number of rotatable bonds is 7. The van der Waals surface area contributed by atoms with Gasteiger partial charge in [0.05, 0.1) is 35.0 Å². The molecule has 3 aromatic rings. The van der Waals surface area contributed by atoms with Crippen LogP contribution in [0.25, 0.3) is 10.9 Å². The number of pyridine rings is 2. The topological polar surface area (TPSA) is 110 Å². The van der Waals surface area contributed by atoms with Crippen LogP contribution < -0.4 is 15.8 Å². The van der Waals surface area contributed by atoms with Crippen molar-refractivity contribution < 1.29 is 27.8 Å². The second-order valence-electron chi connectivity index (χ2n) is 8.21. The number of nitrogens with one attached hydrogen (secondary N) is 1. The van der Waals surface area contributed by atoms with E-state index in [1.807, 2.05) is 0 Å². The van der Waals surface area contributed by atoms with Crippen molar-refractivity contribution in [2.45, 2.75) is 38.6 Å². The molecule has 0 spiro atoms. The Labute approximate surface area is 188 Å². The number of aliphatic hydroxyl groups is 1. The van der Waals surface area contributed by atoms with Gasteiger partial charge in [0.25, 0.3) is 5.91 Å². The Hall–Kier alpha value is -3.24. The molecular formula is C23H25F3N4O3. The van der Waals surface area contributed by atoms with Crippen molar-refractivity contribution >= 4 is 16.8 Å². The Bertz CT molecular complexity index is 1160. The number of nitrogens with zero attached hydrogens (tertiary/aromatic N) is 2. The fraction of sp³-hybridized carbons (Fsp3) is 0.348. The first-order valence-corrected chi connectivity index (χ1v) is 10.2. The first kappa shape index (κ1) is 24.4. The van der Waals surface area contributed by atoms with Crippen LogP contribution in [0.2, 0.25) is 0 Å². The van der Waals surface area contributed by atoms with Gasteiger partial charge in [0, 0.05) is 22.7 Å². The van der Waals surface area contributed by atoms with E-state index in [-0.39, 0.29) is 24.9 Å². The highest BCUT2D eigenvalue weighted by Gasteiger charge is 2.30. The van der Waals surface area contributed by atoms with Crippen LogP contribution in [-0.4, -0.2) is 39.7 Å². The fourth-order valence-electron chi connectivity index (χ4n) is 3.13. The molecule has 0 bridgehead atoms. The standard InChI is InChI=1S/C23H25F3N4O3/c1-13-10-15(12-18(29-13)20(27)22(2,3)32)21(31)28-8-9-33-19-7-4-14-11-16(23(24,25)26)5-6-17(14)30-19/h4-7,10-12,20,32H,8-9,27H2,1-3H3,(H,28,31). The molecule has 4 N–H and O–H groups in total. The monoisotopic (exact) mass is 462 g/mol. The number of hydrogen-bond donors (Lipinski definition) is 3. The summed E-state index contributed by atoms with van der Waals surface area (Å²) in [7, 11) is 0. The van der Waals surface area contributed by atoms with E-state index in [0.29, 0.717) is 27.9 Å². The van der Waals surface area contributed by atoms with Gasteiger partial charge in [-0.3, -0.25) is 9.78 Å². The van der Waals surface area contributed by atoms with Crippen LogP contribution in [0, 0.1) is 6.92 Å². The van der Waals surface area contributed by atoms with Crippen molar-refractivity contribution in [1.82, 2.24) is 15.3 Å². The van der Waals surface area contributed by atoms with Crippen molar-refractivity contribution in [2.75, 3.05) is 13.2 Å². The van der Waals surface area contributed by atoms with Crippen molar-refractivity contribution in [3.05, 3.63) is 65.0 Å². The largest absolute Gasteiger partial charge is 0.476 e. The number of carbonyl (C=O) groups excluding carboxylic acids is 1. The van der Waals surface area contributed by atoms with E-state index in [9.17, 15) is 23.1 Å². The number of carbonyl (C=O) groups is 1. The van der Waals surface area contributed by atoms with Crippen LogP contribution in [0.15, 0.2) is 42.5 Å². The quantitative estimate of drug-likeness (QED) is 0.464. The van der Waals surface area contributed by atoms with E-state index in [1.165, 1.54) is 24.3 Å². The minimum absolute atomic E-state index is 0.102. The third-order valence-electron chi connectivity index (χ3n) is 4.94. The highest BCUT2D eigenvalue weighted by Crippen LogP contribution is 2.31. The molecule has 7 nitrogen and oxygen atoms in total. The number of nitrogens with two attached hydrogens (primary N) is 1. The Morgan fingerprint density at radius 1 is 1.15 bits per heavy atom. The molecule has 0 aliphatic heterocycles. The van der Waals surface area contributed by atoms with Crippen LogP contribution >= 0.6 is 0 Å². The second kappa shape index (κ2) is 9.32. The Morgan fingerprint density at radius 3 is 2.55 bits per heavy atom. The van der Waals surface area contributed by atoms with Gasteiger partial charge in [-0.25, -0.2) is 4.98 Å². The van der Waals surface area contributed by atoms with Crippen LogP contribution in [-0.2, 0) is 6.18 Å². The average Bonchev–Trinajstić information content (AvgIpc) is 2.73. The number of aromatic nitrogens is 2. The number of halogens is 3. The van der Waals surface area contributed by atoms with Gasteiger partial charge in [0.2, 0.25) is 5.88 Å². The maximum atomic E-state index is 12.8. The van der Waals surface area contributed by atoms with E-state index >= 15 is 0 Å². The highest BCUT2D eigenvalue weighted by molar-refractivity contribution is 5.94. The van der Waals surface area contributed by atoms with E-state index in [0.717, 1.165) is 12.1 Å². The number of alkyl halides is 3. The van der Waals surface area contributed by atoms with Crippen LogP contribution in [0.3, 0.4) is 0 Å². The molecule has 0 aliphatic rings. The molecule has 10 heteroatoms. The molecule has 1 unspecified atom stereocenters. The lowest BCUT2D eigenvalue weighted by Gasteiger charge is -2.25. The maximum absolute atomic E-state index is 12.8. The smallest absolute Gasteiger partial charge is 0.416 e. The van der Waals surface area contributed by atoms with Gasteiger partial charge in [-0.05, 0) is 57.2 Å². The molecule has 2 aromatic heterocycles. The molecule has 33 heavy (non-hydrogen) atoms. The third kappa shape index (κ3) is 6.17. The number of ether oxygens (including phenoxy) is 1. The Balaban J connectivity index is 1.59. The SMILES string of the molecule is Cc1cc(C(=O)NCCOc2ccc3cc(C(F)(F)F)ccc3n2)cc(C(N)C(C)(C)O)n1. The second-order valence-corrected chi connectivity index (χ2v) is 8.21. The molecule has 0 fully saturated rings. The van der Waals surface area contributed by atoms with E-state index in [2.05, 4.69) is 15.3 Å². The van der Waals surface area contributed by atoms with Gasteiger partial charge in [-0.1, -0.05) is 0 Å². The normalized spacial score (nSPS) is 13.1. The van der Waals surface area contributed by atoms with Gasteiger partial charge in [0.1, 0.15) is 6.61 Å². The first-order chi connectivity index (χ1) is 15.3. The highest BCUT2D eigenvalue weighted by atomic mass is 19.4. The Morgan fingerprint density at radius 2 is 1.88 bits per heavy atom. The van der Waals surface area contributed by atoms with E-state index in [4.69, 9.17) is 10.5 Å². The molecule has 0 aliphatic carbocycles. The predicted octanol–water partition coefficient (Wildman–Crippen LogP) is 3.54. The molecule has 1 aromatic carbocycles. The lowest BCUT2D eigenvalue weighted by atomic mass is 9.95. The van der Waals surface area contributed by atoms with Gasteiger partial charge >= 0.3 is 6.18 Å². The maximum Gasteiger partial charge on any atom is 0.416 e. The van der Waals surface area contributed by atoms with Crippen LogP contribution in [0.1, 0.15) is 47.2 Å². The summed E-state index contributed by atoms with van der Waals surface area (Å²) in [6.07, 6.45) is -4.42. The summed E-state index contributed by atoms with van der Waals surface area (Å²) in [4.78, 5) is 21.0. The predicted molar refractivity (Wildman–Crippen MR) is 117 cm³/mol.